The molecular weight excluding hydrogens is 316 g/mol. The molecule has 1 aliphatic heterocycles. The summed E-state index contributed by atoms with van der Waals surface area (Å²) < 4.78 is 12.7. The Bertz CT molecular complexity index is 915. The Labute approximate surface area is 135 Å². The third kappa shape index (κ3) is 2.40. The molecule has 8 heteroatoms. The van der Waals surface area contributed by atoms with E-state index in [1.807, 2.05) is 19.9 Å². The van der Waals surface area contributed by atoms with Gasteiger partial charge in [0.15, 0.2) is 23.0 Å². The average Bonchev–Trinajstić information content (AvgIpc) is 3.10. The van der Waals surface area contributed by atoms with Gasteiger partial charge in [0.2, 0.25) is 0 Å². The molecule has 3 aromatic heterocycles. The van der Waals surface area contributed by atoms with E-state index in [9.17, 15) is 4.79 Å². The Hall–Kier alpha value is -2.61. The Morgan fingerprint density at radius 1 is 1.30 bits per heavy atom. The van der Waals surface area contributed by atoms with Crippen molar-refractivity contribution in [3.63, 3.8) is 0 Å². The van der Waals surface area contributed by atoms with Gasteiger partial charge >= 0.3 is 0 Å². The molecule has 1 aliphatic rings. The minimum Gasteiger partial charge on any atom is -0.485 e. The molecule has 4 heterocycles. The fourth-order valence-electron chi connectivity index (χ4n) is 2.54. The van der Waals surface area contributed by atoms with Crippen LogP contribution >= 0.6 is 11.3 Å². The summed E-state index contributed by atoms with van der Waals surface area (Å²) in [6.07, 6.45) is 0. The van der Waals surface area contributed by atoms with Gasteiger partial charge in [-0.2, -0.15) is 0 Å². The van der Waals surface area contributed by atoms with Crippen LogP contribution < -0.4 is 14.8 Å². The van der Waals surface area contributed by atoms with Crippen LogP contribution in [0.2, 0.25) is 0 Å². The van der Waals surface area contributed by atoms with Gasteiger partial charge in [-0.05, 0) is 19.9 Å². The molecule has 1 N–H and O–H groups in total. The molecule has 0 bridgehead atoms. The third-order valence-electron chi connectivity index (χ3n) is 3.48. The minimum atomic E-state index is -0.264. The number of aromatic nitrogens is 3. The van der Waals surface area contributed by atoms with Crippen molar-refractivity contribution >= 4 is 28.7 Å². The Kier molecular flexibility index (Phi) is 3.19. The molecule has 0 spiro atoms. The lowest BCUT2D eigenvalue weighted by atomic mass is 10.3. The van der Waals surface area contributed by atoms with Crippen LogP contribution in [-0.4, -0.2) is 33.7 Å². The highest BCUT2D eigenvalue weighted by Gasteiger charge is 2.24. The number of thiophene rings is 1. The van der Waals surface area contributed by atoms with E-state index in [4.69, 9.17) is 9.47 Å². The predicted molar refractivity (Wildman–Crippen MR) is 85.7 cm³/mol. The first-order valence-electron chi connectivity index (χ1n) is 7.14. The summed E-state index contributed by atoms with van der Waals surface area (Å²) in [5, 5.41) is 8.94. The molecule has 0 unspecified atom stereocenters. The maximum atomic E-state index is 12.5. The van der Waals surface area contributed by atoms with E-state index in [-0.39, 0.29) is 5.91 Å². The second-order valence-electron chi connectivity index (χ2n) is 5.25. The van der Waals surface area contributed by atoms with E-state index in [0.29, 0.717) is 41.1 Å². The van der Waals surface area contributed by atoms with Gasteiger partial charge in [-0.15, -0.1) is 16.4 Å². The number of ether oxygens (including phenoxy) is 2. The smallest absolute Gasteiger partial charge is 0.270 e. The summed E-state index contributed by atoms with van der Waals surface area (Å²) in [5.41, 5.74) is 2.56. The van der Waals surface area contributed by atoms with Gasteiger partial charge in [-0.25, -0.2) is 9.50 Å². The van der Waals surface area contributed by atoms with Crippen molar-refractivity contribution < 1.29 is 14.3 Å². The van der Waals surface area contributed by atoms with E-state index < -0.39 is 0 Å². The van der Waals surface area contributed by atoms with Gasteiger partial charge < -0.3 is 14.8 Å². The summed E-state index contributed by atoms with van der Waals surface area (Å²) in [6.45, 7) is 4.82. The molecular formula is C15H14N4O3S. The number of hydrogen-bond donors (Lipinski definition) is 1. The highest BCUT2D eigenvalue weighted by molar-refractivity contribution is 7.13. The molecule has 4 rings (SSSR count). The van der Waals surface area contributed by atoms with Gasteiger partial charge in [0.1, 0.15) is 18.1 Å². The summed E-state index contributed by atoms with van der Waals surface area (Å²) in [7, 11) is 0. The van der Waals surface area contributed by atoms with E-state index in [1.54, 1.807) is 16.0 Å². The molecule has 3 aromatic rings. The van der Waals surface area contributed by atoms with Crippen LogP contribution in [-0.2, 0) is 0 Å². The Morgan fingerprint density at radius 2 is 2.13 bits per heavy atom. The van der Waals surface area contributed by atoms with Crippen molar-refractivity contribution in [2.75, 3.05) is 18.5 Å². The van der Waals surface area contributed by atoms with Gasteiger partial charge in [0, 0.05) is 22.8 Å². The number of rotatable bonds is 2. The van der Waals surface area contributed by atoms with Crippen LogP contribution in [0, 0.1) is 13.8 Å². The number of hydrogen-bond acceptors (Lipinski definition) is 6. The topological polar surface area (TPSA) is 77.8 Å². The summed E-state index contributed by atoms with van der Waals surface area (Å²) in [5.74, 6) is 1.32. The Morgan fingerprint density at radius 3 is 3.00 bits per heavy atom. The first kappa shape index (κ1) is 14.0. The van der Waals surface area contributed by atoms with Gasteiger partial charge in [0.05, 0.1) is 0 Å². The molecule has 0 radical (unpaired) electrons. The van der Waals surface area contributed by atoms with Crippen LogP contribution in [0.4, 0.5) is 5.82 Å². The molecule has 0 saturated carbocycles. The lowest BCUT2D eigenvalue weighted by molar-refractivity contribution is 0.102. The Balaban J connectivity index is 1.64. The minimum absolute atomic E-state index is 0.264. The molecule has 1 amide bonds. The molecule has 23 heavy (non-hydrogen) atoms. The van der Waals surface area contributed by atoms with Crippen LogP contribution in [0.25, 0.3) is 5.65 Å². The lowest BCUT2D eigenvalue weighted by Crippen LogP contribution is -2.17. The van der Waals surface area contributed by atoms with Gasteiger partial charge in [-0.3, -0.25) is 4.79 Å². The van der Waals surface area contributed by atoms with E-state index in [2.05, 4.69) is 15.4 Å². The first-order valence-corrected chi connectivity index (χ1v) is 8.02. The number of amides is 1. The van der Waals surface area contributed by atoms with Crippen LogP contribution in [0.3, 0.4) is 0 Å². The molecule has 0 fully saturated rings. The fraction of sp³-hybridized carbons (Fsp3) is 0.267. The normalized spacial score (nSPS) is 13.3. The molecule has 0 saturated heterocycles. The quantitative estimate of drug-likeness (QED) is 0.781. The average molecular weight is 330 g/mol. The largest absolute Gasteiger partial charge is 0.485 e. The van der Waals surface area contributed by atoms with Crippen LogP contribution in [0.15, 0.2) is 17.5 Å². The number of anilines is 1. The standard InChI is InChI=1S/C15H14N4O3S/c1-8-5-9(2)19-12(16-8)6-11(18-19)17-15(20)14-13-10(7-23-14)21-3-4-22-13/h5-7H,3-4H2,1-2H3,(H,17,18,20). The van der Waals surface area contributed by atoms with Crippen LogP contribution in [0.1, 0.15) is 21.1 Å². The number of carbonyl (C=O) groups is 1. The summed E-state index contributed by atoms with van der Waals surface area (Å²) >= 11 is 1.29. The van der Waals surface area contributed by atoms with E-state index >= 15 is 0 Å². The number of fused-ring (bicyclic) bond motifs is 2. The molecule has 0 aromatic carbocycles. The third-order valence-corrected chi connectivity index (χ3v) is 4.42. The molecule has 0 atom stereocenters. The van der Waals surface area contributed by atoms with Crippen molar-refractivity contribution in [3.8, 4) is 11.5 Å². The first-order chi connectivity index (χ1) is 11.1. The van der Waals surface area contributed by atoms with E-state index in [0.717, 1.165) is 11.4 Å². The van der Waals surface area contributed by atoms with Crippen molar-refractivity contribution in [2.24, 2.45) is 0 Å². The highest BCUT2D eigenvalue weighted by Crippen LogP contribution is 2.39. The monoisotopic (exact) mass is 330 g/mol. The predicted octanol–water partition coefficient (Wildman–Crippen LogP) is 2.43. The zero-order valence-corrected chi connectivity index (χ0v) is 13.4. The SMILES string of the molecule is Cc1cc(C)n2nc(NC(=O)c3scc4c3OCCO4)cc2n1. The van der Waals surface area contributed by atoms with Crippen molar-refractivity contribution in [2.45, 2.75) is 13.8 Å². The summed E-state index contributed by atoms with van der Waals surface area (Å²) in [4.78, 5) is 17.4. The molecule has 118 valence electrons. The number of nitrogens with one attached hydrogen (secondary N) is 1. The second kappa shape index (κ2) is 5.24. The zero-order valence-electron chi connectivity index (χ0n) is 12.6. The van der Waals surface area contributed by atoms with Crippen molar-refractivity contribution in [1.29, 1.82) is 0 Å². The van der Waals surface area contributed by atoms with Crippen molar-refractivity contribution in [1.82, 2.24) is 14.6 Å². The number of aryl methyl sites for hydroxylation is 2. The number of nitrogens with zero attached hydrogens (tertiary/aromatic N) is 3. The van der Waals surface area contributed by atoms with Gasteiger partial charge in [-0.1, -0.05) is 0 Å². The zero-order chi connectivity index (χ0) is 16.0. The fourth-order valence-corrected chi connectivity index (χ4v) is 3.37. The van der Waals surface area contributed by atoms with E-state index in [1.165, 1.54) is 11.3 Å². The molecule has 0 aliphatic carbocycles. The highest BCUT2D eigenvalue weighted by atomic mass is 32.1. The maximum absolute atomic E-state index is 12.5. The second-order valence-corrected chi connectivity index (χ2v) is 6.13. The summed E-state index contributed by atoms with van der Waals surface area (Å²) in [6, 6.07) is 3.68. The lowest BCUT2D eigenvalue weighted by Gasteiger charge is -2.15. The maximum Gasteiger partial charge on any atom is 0.270 e. The molecule has 7 nitrogen and oxygen atoms in total. The van der Waals surface area contributed by atoms with Gasteiger partial charge in [0.25, 0.3) is 5.91 Å². The number of carbonyl (C=O) groups excluding carboxylic acids is 1. The van der Waals surface area contributed by atoms with Crippen LogP contribution in [0.5, 0.6) is 11.5 Å². The van der Waals surface area contributed by atoms with Crippen molar-refractivity contribution in [3.05, 3.63) is 33.8 Å².